The van der Waals surface area contributed by atoms with Crippen LogP contribution in [0.4, 0.5) is 4.39 Å². The zero-order chi connectivity index (χ0) is 14.8. The van der Waals surface area contributed by atoms with Crippen molar-refractivity contribution in [2.45, 2.75) is 42.4 Å². The van der Waals surface area contributed by atoms with E-state index in [2.05, 4.69) is 25.1 Å². The quantitative estimate of drug-likeness (QED) is 0.842. The number of aryl methyl sites for hydroxylation is 2. The van der Waals surface area contributed by atoms with Gasteiger partial charge in [0.15, 0.2) is 0 Å². The molecule has 110 valence electrons. The van der Waals surface area contributed by atoms with Crippen molar-refractivity contribution in [1.82, 2.24) is 0 Å². The molecule has 21 heavy (non-hydrogen) atoms. The summed E-state index contributed by atoms with van der Waals surface area (Å²) in [4.78, 5) is 1.28. The molecule has 0 saturated heterocycles. The van der Waals surface area contributed by atoms with Gasteiger partial charge in [-0.2, -0.15) is 0 Å². The Labute approximate surface area is 129 Å². The number of fused-ring (bicyclic) bond motifs is 1. The Hall–Kier alpha value is -1.32. The molecule has 0 spiro atoms. The third-order valence-electron chi connectivity index (χ3n) is 4.15. The second kappa shape index (κ2) is 6.20. The van der Waals surface area contributed by atoms with Gasteiger partial charge in [-0.1, -0.05) is 25.1 Å². The van der Waals surface area contributed by atoms with E-state index in [4.69, 9.17) is 5.73 Å². The first-order valence-corrected chi connectivity index (χ1v) is 8.31. The zero-order valence-electron chi connectivity index (χ0n) is 12.2. The summed E-state index contributed by atoms with van der Waals surface area (Å²) in [6.07, 6.45) is 3.68. The summed E-state index contributed by atoms with van der Waals surface area (Å²) in [5.41, 5.74) is 10.3. The molecule has 0 aromatic heterocycles. The monoisotopic (exact) mass is 301 g/mol. The summed E-state index contributed by atoms with van der Waals surface area (Å²) in [7, 11) is 0. The van der Waals surface area contributed by atoms with Gasteiger partial charge in [-0.25, -0.2) is 4.39 Å². The summed E-state index contributed by atoms with van der Waals surface area (Å²) in [6, 6.07) is 13.2. The molecule has 0 heterocycles. The minimum Gasteiger partial charge on any atom is -0.323 e. The van der Waals surface area contributed by atoms with E-state index in [0.717, 1.165) is 5.56 Å². The molecule has 2 atom stereocenters. The van der Waals surface area contributed by atoms with Crippen LogP contribution in [-0.4, -0.2) is 5.25 Å². The summed E-state index contributed by atoms with van der Waals surface area (Å²) >= 11 is 1.80. The fourth-order valence-corrected chi connectivity index (χ4v) is 3.96. The fourth-order valence-electron chi connectivity index (χ4n) is 2.87. The maximum Gasteiger partial charge on any atom is 0.123 e. The summed E-state index contributed by atoms with van der Waals surface area (Å²) in [5, 5.41) is 0.245. The highest BCUT2D eigenvalue weighted by molar-refractivity contribution is 8.00. The van der Waals surface area contributed by atoms with Crippen LogP contribution in [0, 0.1) is 5.82 Å². The molecule has 2 aromatic rings. The molecule has 0 saturated carbocycles. The van der Waals surface area contributed by atoms with Crippen LogP contribution in [0.25, 0.3) is 0 Å². The van der Waals surface area contributed by atoms with Crippen molar-refractivity contribution in [3.05, 3.63) is 65.0 Å². The topological polar surface area (TPSA) is 26.0 Å². The number of rotatable bonds is 4. The van der Waals surface area contributed by atoms with E-state index in [-0.39, 0.29) is 17.1 Å². The highest BCUT2D eigenvalue weighted by Crippen LogP contribution is 2.33. The van der Waals surface area contributed by atoms with Crippen molar-refractivity contribution in [1.29, 1.82) is 0 Å². The molecule has 3 heteroatoms. The standard InChI is InChI=1S/C18H20FNS/c1-12(18(20)14-5-8-16(19)9-6-14)21-17-10-7-13-3-2-4-15(13)11-17/h5-12,18H,2-4,20H2,1H3. The van der Waals surface area contributed by atoms with Crippen LogP contribution < -0.4 is 5.73 Å². The van der Waals surface area contributed by atoms with Gasteiger partial charge < -0.3 is 5.73 Å². The van der Waals surface area contributed by atoms with Crippen molar-refractivity contribution in [2.75, 3.05) is 0 Å². The highest BCUT2D eigenvalue weighted by Gasteiger charge is 2.18. The number of nitrogens with two attached hydrogens (primary N) is 1. The molecule has 2 N–H and O–H groups in total. The molecule has 0 bridgehead atoms. The first kappa shape index (κ1) is 14.6. The Kier molecular flexibility index (Phi) is 4.32. The van der Waals surface area contributed by atoms with E-state index in [9.17, 15) is 4.39 Å². The lowest BCUT2D eigenvalue weighted by Crippen LogP contribution is -2.21. The average Bonchev–Trinajstić information content (AvgIpc) is 2.95. The number of hydrogen-bond acceptors (Lipinski definition) is 2. The number of thioether (sulfide) groups is 1. The lowest BCUT2D eigenvalue weighted by atomic mass is 10.1. The van der Waals surface area contributed by atoms with E-state index in [0.29, 0.717) is 0 Å². The van der Waals surface area contributed by atoms with Crippen LogP contribution >= 0.6 is 11.8 Å². The molecule has 0 aliphatic heterocycles. The molecular weight excluding hydrogens is 281 g/mol. The molecule has 1 aliphatic rings. The van der Waals surface area contributed by atoms with E-state index in [1.807, 2.05) is 0 Å². The average molecular weight is 301 g/mol. The smallest absolute Gasteiger partial charge is 0.123 e. The molecule has 1 aliphatic carbocycles. The van der Waals surface area contributed by atoms with Crippen LogP contribution in [0.15, 0.2) is 47.4 Å². The van der Waals surface area contributed by atoms with E-state index >= 15 is 0 Å². The molecule has 1 nitrogen and oxygen atoms in total. The van der Waals surface area contributed by atoms with Crippen molar-refractivity contribution in [3.63, 3.8) is 0 Å². The summed E-state index contributed by atoms with van der Waals surface area (Å²) in [5.74, 6) is -0.218. The third-order valence-corrected chi connectivity index (χ3v) is 5.34. The molecule has 0 fully saturated rings. The van der Waals surface area contributed by atoms with Gasteiger partial charge in [-0.15, -0.1) is 11.8 Å². The maximum absolute atomic E-state index is 13.0. The van der Waals surface area contributed by atoms with Crippen molar-refractivity contribution < 1.29 is 4.39 Å². The number of benzene rings is 2. The summed E-state index contributed by atoms with van der Waals surface area (Å²) in [6.45, 7) is 2.13. The van der Waals surface area contributed by atoms with Crippen LogP contribution in [-0.2, 0) is 12.8 Å². The third kappa shape index (κ3) is 3.30. The normalized spacial score (nSPS) is 16.5. The van der Waals surface area contributed by atoms with Crippen LogP contribution in [0.5, 0.6) is 0 Å². The minimum absolute atomic E-state index is 0.0937. The van der Waals surface area contributed by atoms with Gasteiger partial charge in [0.2, 0.25) is 0 Å². The van der Waals surface area contributed by atoms with Crippen molar-refractivity contribution in [2.24, 2.45) is 5.73 Å². The molecule has 0 radical (unpaired) electrons. The van der Waals surface area contributed by atoms with Crippen LogP contribution in [0.2, 0.25) is 0 Å². The summed E-state index contributed by atoms with van der Waals surface area (Å²) < 4.78 is 13.0. The largest absolute Gasteiger partial charge is 0.323 e. The van der Waals surface area contributed by atoms with E-state index in [1.165, 1.54) is 47.4 Å². The Balaban J connectivity index is 1.70. The van der Waals surface area contributed by atoms with Gasteiger partial charge in [0.05, 0.1) is 0 Å². The SMILES string of the molecule is CC(Sc1ccc2c(c1)CCC2)C(N)c1ccc(F)cc1. The first-order chi connectivity index (χ1) is 10.1. The second-order valence-electron chi connectivity index (χ2n) is 5.68. The molecule has 2 aromatic carbocycles. The highest BCUT2D eigenvalue weighted by atomic mass is 32.2. The van der Waals surface area contributed by atoms with Gasteiger partial charge in [0.1, 0.15) is 5.82 Å². The van der Waals surface area contributed by atoms with Crippen LogP contribution in [0.3, 0.4) is 0 Å². The van der Waals surface area contributed by atoms with Crippen molar-refractivity contribution >= 4 is 11.8 Å². The van der Waals surface area contributed by atoms with Gasteiger partial charge in [0, 0.05) is 16.2 Å². The number of hydrogen-bond donors (Lipinski definition) is 1. The lowest BCUT2D eigenvalue weighted by molar-refractivity contribution is 0.624. The Morgan fingerprint density at radius 2 is 1.76 bits per heavy atom. The predicted molar refractivity (Wildman–Crippen MR) is 87.1 cm³/mol. The lowest BCUT2D eigenvalue weighted by Gasteiger charge is -2.20. The zero-order valence-corrected chi connectivity index (χ0v) is 13.0. The Morgan fingerprint density at radius 1 is 1.05 bits per heavy atom. The van der Waals surface area contributed by atoms with Gasteiger partial charge >= 0.3 is 0 Å². The predicted octanol–water partition coefficient (Wildman–Crippen LogP) is 4.50. The van der Waals surface area contributed by atoms with Gasteiger partial charge in [0.25, 0.3) is 0 Å². The molecule has 3 rings (SSSR count). The van der Waals surface area contributed by atoms with Gasteiger partial charge in [-0.3, -0.25) is 0 Å². The fraction of sp³-hybridized carbons (Fsp3) is 0.333. The van der Waals surface area contributed by atoms with E-state index < -0.39 is 0 Å². The molecule has 0 amide bonds. The maximum atomic E-state index is 13.0. The van der Waals surface area contributed by atoms with Gasteiger partial charge in [-0.05, 0) is 60.2 Å². The Bertz CT molecular complexity index is 624. The molecule has 2 unspecified atom stereocenters. The van der Waals surface area contributed by atoms with Crippen LogP contribution in [0.1, 0.15) is 36.1 Å². The first-order valence-electron chi connectivity index (χ1n) is 7.43. The molecular formula is C18H20FNS. The second-order valence-corrected chi connectivity index (χ2v) is 7.14. The van der Waals surface area contributed by atoms with Crippen molar-refractivity contribution in [3.8, 4) is 0 Å². The Morgan fingerprint density at radius 3 is 2.52 bits per heavy atom. The minimum atomic E-state index is -0.218. The number of halogens is 1. The van der Waals surface area contributed by atoms with E-state index in [1.54, 1.807) is 23.9 Å².